The fourth-order valence-electron chi connectivity index (χ4n) is 0. The monoisotopic (exact) mass is 182 g/mol. The van der Waals surface area contributed by atoms with Gasteiger partial charge in [-0.25, -0.2) is 0 Å². The normalized spacial score (nSPS) is 8.29. The molecule has 0 heterocycles. The molecule has 0 rings (SSSR count). The summed E-state index contributed by atoms with van der Waals surface area (Å²) in [4.78, 5) is 0. The van der Waals surface area contributed by atoms with Crippen molar-refractivity contribution in [3.05, 3.63) is 0 Å². The van der Waals surface area contributed by atoms with Crippen molar-refractivity contribution < 1.29 is 17.5 Å². The van der Waals surface area contributed by atoms with Gasteiger partial charge in [0.1, 0.15) is 0 Å². The number of rotatable bonds is 0. The molecule has 0 saturated carbocycles. The predicted molar refractivity (Wildman–Crippen MR) is 31.3 cm³/mol. The molecule has 0 atom stereocenters. The molecule has 0 radical (unpaired) electrons. The van der Waals surface area contributed by atoms with Crippen molar-refractivity contribution in [3.63, 3.8) is 0 Å². The maximum atomic E-state index is 8.74. The van der Waals surface area contributed by atoms with Crippen LogP contribution in [0.5, 0.6) is 0 Å². The van der Waals surface area contributed by atoms with Gasteiger partial charge in [0, 0.05) is 0 Å². The van der Waals surface area contributed by atoms with E-state index in [4.69, 9.17) is 17.5 Å². The second kappa shape index (κ2) is 6.51. The molecule has 40 valence electrons. The van der Waals surface area contributed by atoms with E-state index in [1.807, 2.05) is 0 Å². The summed E-state index contributed by atoms with van der Waals surface area (Å²) in [6.07, 6.45) is 0. The van der Waals surface area contributed by atoms with E-state index < -0.39 is 10.4 Å². The second-order valence-electron chi connectivity index (χ2n) is 0.448. The summed E-state index contributed by atoms with van der Waals surface area (Å²) in [6.45, 7) is 0. The van der Waals surface area contributed by atoms with Gasteiger partial charge in [-0.15, -0.1) is 0 Å². The number of hydrogen-bond acceptors (Lipinski definition) is 2. The zero-order chi connectivity index (χ0) is 4.50. The first kappa shape index (κ1) is 16.2. The average Bonchev–Trinajstić information content (AvgIpc) is 0.722. The molecule has 2 N–H and O–H groups in total. The van der Waals surface area contributed by atoms with Gasteiger partial charge in [0.2, 0.25) is 0 Å². The molecule has 0 spiro atoms. The van der Waals surface area contributed by atoms with Gasteiger partial charge in [-0.2, -0.15) is 8.42 Å². The van der Waals surface area contributed by atoms with Crippen molar-refractivity contribution in [1.29, 1.82) is 0 Å². The third-order valence-corrected chi connectivity index (χ3v) is 0. The molecule has 0 saturated heterocycles. The van der Waals surface area contributed by atoms with Gasteiger partial charge in [0.15, 0.2) is 0 Å². The molecule has 0 amide bonds. The Balaban J connectivity index is -0.0000000800. The topological polar surface area (TPSA) is 74.6 Å². The predicted octanol–water partition coefficient (Wildman–Crippen LogP) is -2.49. The Bertz CT molecular complexity index is 92.9. The van der Waals surface area contributed by atoms with Crippen LogP contribution >= 0.6 is 0 Å². The first-order valence-corrected chi connectivity index (χ1v) is 2.10. The van der Waals surface area contributed by atoms with Gasteiger partial charge >= 0.3 is 85.9 Å². The Kier molecular flexibility index (Phi) is 15.1. The Morgan fingerprint density at radius 2 is 1.00 bits per heavy atom. The van der Waals surface area contributed by atoms with Crippen LogP contribution in [0.4, 0.5) is 0 Å². The van der Waals surface area contributed by atoms with E-state index in [2.05, 4.69) is 0 Å². The van der Waals surface area contributed by atoms with Gasteiger partial charge in [0.25, 0.3) is 0 Å². The van der Waals surface area contributed by atoms with Crippen LogP contribution in [0.1, 0.15) is 0 Å². The van der Waals surface area contributed by atoms with Crippen LogP contribution < -0.4 is 0 Å². The van der Waals surface area contributed by atoms with Crippen LogP contribution in [0.2, 0.25) is 0 Å². The van der Waals surface area contributed by atoms with E-state index in [9.17, 15) is 0 Å². The van der Waals surface area contributed by atoms with Gasteiger partial charge < -0.3 is 0 Å². The summed E-state index contributed by atoms with van der Waals surface area (Å²) in [7, 11) is -4.67. The fraction of sp³-hybridized carbons (Fsp3) is 0. The maximum absolute atomic E-state index is 8.74. The van der Waals surface area contributed by atoms with E-state index in [-0.39, 0.29) is 75.5 Å². The van der Waals surface area contributed by atoms with Crippen molar-refractivity contribution in [1.82, 2.24) is 0 Å². The van der Waals surface area contributed by atoms with Crippen molar-refractivity contribution in [2.24, 2.45) is 0 Å². The third kappa shape index (κ3) is 60.0. The summed E-state index contributed by atoms with van der Waals surface area (Å²) in [5.74, 6) is 0. The Morgan fingerprint density at radius 3 is 1.00 bits per heavy atom. The van der Waals surface area contributed by atoms with Crippen LogP contribution in [0.15, 0.2) is 0 Å². The van der Waals surface area contributed by atoms with Gasteiger partial charge in [-0.3, -0.25) is 9.11 Å². The minimum atomic E-state index is -4.67. The zero-order valence-corrected chi connectivity index (χ0v) is 2.94. The van der Waals surface area contributed by atoms with Crippen LogP contribution in [-0.4, -0.2) is 93.0 Å². The molecule has 0 aliphatic carbocycles. The van der Waals surface area contributed by atoms with Crippen molar-refractivity contribution in [2.45, 2.75) is 0 Å². The molecule has 7 heteroatoms. The Morgan fingerprint density at radius 1 is 1.00 bits per heavy atom. The fourth-order valence-corrected chi connectivity index (χ4v) is 0. The van der Waals surface area contributed by atoms with Crippen molar-refractivity contribution in [3.8, 4) is 0 Å². The van der Waals surface area contributed by atoms with Crippen molar-refractivity contribution in [2.75, 3.05) is 0 Å². The van der Waals surface area contributed by atoms with Crippen LogP contribution in [0.25, 0.3) is 0 Å². The van der Waals surface area contributed by atoms with Gasteiger partial charge in [-0.1, -0.05) is 0 Å². The summed E-state index contributed by atoms with van der Waals surface area (Å²) in [6, 6.07) is 0. The van der Waals surface area contributed by atoms with Gasteiger partial charge in [-0.05, 0) is 0 Å². The van der Waals surface area contributed by atoms with Crippen LogP contribution in [0.3, 0.4) is 0 Å². The first-order chi connectivity index (χ1) is 2.00. The third-order valence-electron chi connectivity index (χ3n) is 0. The van der Waals surface area contributed by atoms with Crippen molar-refractivity contribution >= 4 is 85.9 Å². The molecule has 7 heavy (non-hydrogen) atoms. The molecule has 0 aromatic heterocycles. The van der Waals surface area contributed by atoms with E-state index in [1.54, 1.807) is 0 Å². The average molecular weight is 182 g/mol. The first-order valence-electron chi connectivity index (χ1n) is 0.698. The van der Waals surface area contributed by atoms with E-state index in [1.165, 1.54) is 0 Å². The molecule has 0 aromatic carbocycles. The molecular formula is H6Ca2O4S. The molecular weight excluding hydrogens is 176 g/mol. The summed E-state index contributed by atoms with van der Waals surface area (Å²) in [5, 5.41) is 0. The summed E-state index contributed by atoms with van der Waals surface area (Å²) < 4.78 is 31.6. The van der Waals surface area contributed by atoms with Crippen LogP contribution in [0, 0.1) is 0 Å². The molecule has 4 nitrogen and oxygen atoms in total. The molecule has 0 fully saturated rings. The molecule has 0 aliphatic rings. The number of hydrogen-bond donors (Lipinski definition) is 2. The quantitative estimate of drug-likeness (QED) is 0.321. The van der Waals surface area contributed by atoms with Crippen LogP contribution in [-0.2, 0) is 10.4 Å². The Hall–Kier alpha value is 2.39. The van der Waals surface area contributed by atoms with E-state index in [0.29, 0.717) is 0 Å². The minimum absolute atomic E-state index is 0. The summed E-state index contributed by atoms with van der Waals surface area (Å²) in [5.41, 5.74) is 0. The van der Waals surface area contributed by atoms with Gasteiger partial charge in [0.05, 0.1) is 0 Å². The standard InChI is InChI=1S/2Ca.H2O4S.4H/c;;1-5(2,3)4;;;;/h;;(H2,1,2,3,4);;;;. The molecule has 0 unspecified atom stereocenters. The second-order valence-corrected chi connectivity index (χ2v) is 1.34. The molecule has 0 aliphatic heterocycles. The zero-order valence-electron chi connectivity index (χ0n) is 2.12. The molecule has 0 bridgehead atoms. The van der Waals surface area contributed by atoms with E-state index in [0.717, 1.165) is 0 Å². The molecule has 0 aromatic rings. The SMILES string of the molecule is O=S(=O)(O)O.[CaH2].[CaH2]. The Labute approximate surface area is 101 Å². The van der Waals surface area contributed by atoms with E-state index >= 15 is 0 Å². The summed E-state index contributed by atoms with van der Waals surface area (Å²) >= 11 is 0.